The number of halogens is 1. The van der Waals surface area contributed by atoms with Crippen molar-refractivity contribution < 1.29 is 4.74 Å². The van der Waals surface area contributed by atoms with Gasteiger partial charge in [-0.15, -0.1) is 0 Å². The first kappa shape index (κ1) is 11.2. The second-order valence-corrected chi connectivity index (χ2v) is 4.43. The Balaban J connectivity index is 2.21. The molecule has 2 aromatic rings. The van der Waals surface area contributed by atoms with Crippen LogP contribution in [0.1, 0.15) is 5.82 Å². The first-order valence-electron chi connectivity index (χ1n) is 4.33. The lowest BCUT2D eigenvalue weighted by molar-refractivity contribution is 0.394. The SMILES string of the molecule is COc1nc(Nc2nc(C)ns2)ncc1Br. The summed E-state index contributed by atoms with van der Waals surface area (Å²) in [4.78, 5) is 12.4. The van der Waals surface area contributed by atoms with Crippen LogP contribution in [0.3, 0.4) is 0 Å². The highest BCUT2D eigenvalue weighted by Crippen LogP contribution is 2.23. The van der Waals surface area contributed by atoms with Gasteiger partial charge in [0.25, 0.3) is 0 Å². The number of ether oxygens (including phenoxy) is 1. The average Bonchev–Trinajstić information content (AvgIpc) is 2.67. The molecule has 0 bridgehead atoms. The van der Waals surface area contributed by atoms with E-state index in [1.165, 1.54) is 11.5 Å². The number of rotatable bonds is 3. The molecule has 0 spiro atoms. The van der Waals surface area contributed by atoms with E-state index in [1.54, 1.807) is 13.3 Å². The second-order valence-electron chi connectivity index (χ2n) is 2.82. The molecule has 0 aliphatic heterocycles. The molecule has 2 heterocycles. The van der Waals surface area contributed by atoms with Crippen LogP contribution >= 0.6 is 27.5 Å². The fraction of sp³-hybridized carbons (Fsp3) is 0.250. The van der Waals surface area contributed by atoms with E-state index in [2.05, 4.69) is 40.6 Å². The molecular formula is C8H8BrN5OS. The smallest absolute Gasteiger partial charge is 0.232 e. The van der Waals surface area contributed by atoms with Gasteiger partial charge in [0, 0.05) is 11.5 Å². The van der Waals surface area contributed by atoms with Gasteiger partial charge in [0.1, 0.15) is 5.82 Å². The van der Waals surface area contributed by atoms with Crippen LogP contribution in [0.4, 0.5) is 11.1 Å². The minimum atomic E-state index is 0.427. The third-order valence-corrected chi connectivity index (χ3v) is 2.92. The molecule has 0 unspecified atom stereocenters. The van der Waals surface area contributed by atoms with Gasteiger partial charge in [-0.25, -0.2) is 9.97 Å². The molecule has 0 fully saturated rings. The van der Waals surface area contributed by atoms with Crippen LogP contribution in [0.15, 0.2) is 10.7 Å². The summed E-state index contributed by atoms with van der Waals surface area (Å²) in [7, 11) is 1.55. The largest absolute Gasteiger partial charge is 0.480 e. The molecule has 0 amide bonds. The predicted octanol–water partition coefficient (Wildman–Crippen LogP) is 2.15. The maximum Gasteiger partial charge on any atom is 0.232 e. The molecule has 0 saturated carbocycles. The number of anilines is 2. The van der Waals surface area contributed by atoms with Crippen LogP contribution in [-0.2, 0) is 0 Å². The molecular weight excluding hydrogens is 294 g/mol. The Morgan fingerprint density at radius 1 is 1.44 bits per heavy atom. The molecule has 16 heavy (non-hydrogen) atoms. The molecule has 0 radical (unpaired) electrons. The van der Waals surface area contributed by atoms with E-state index in [4.69, 9.17) is 4.74 Å². The fourth-order valence-corrected chi connectivity index (χ4v) is 1.92. The number of aromatic nitrogens is 4. The summed E-state index contributed by atoms with van der Waals surface area (Å²) in [6.45, 7) is 1.82. The summed E-state index contributed by atoms with van der Waals surface area (Å²) in [6.07, 6.45) is 1.61. The number of nitrogens with zero attached hydrogens (tertiary/aromatic N) is 4. The second kappa shape index (κ2) is 4.71. The number of hydrogen-bond donors (Lipinski definition) is 1. The van der Waals surface area contributed by atoms with Crippen LogP contribution in [0, 0.1) is 6.92 Å². The van der Waals surface area contributed by atoms with E-state index < -0.39 is 0 Å². The standard InChI is InChI=1S/C8H8BrN5OS/c1-4-11-8(16-14-4)13-7-10-3-5(9)6(12-7)15-2/h3H,1-2H3,(H,10,11,12,13,14). The third kappa shape index (κ3) is 2.45. The monoisotopic (exact) mass is 301 g/mol. The fourth-order valence-electron chi connectivity index (χ4n) is 0.998. The molecule has 0 aliphatic carbocycles. The van der Waals surface area contributed by atoms with Crippen LogP contribution < -0.4 is 10.1 Å². The molecule has 0 saturated heterocycles. The molecule has 1 N–H and O–H groups in total. The molecule has 0 atom stereocenters. The van der Waals surface area contributed by atoms with Crippen molar-refractivity contribution in [3.8, 4) is 5.88 Å². The lowest BCUT2D eigenvalue weighted by Gasteiger charge is -2.04. The van der Waals surface area contributed by atoms with E-state index in [1.807, 2.05) is 6.92 Å². The van der Waals surface area contributed by atoms with Gasteiger partial charge in [-0.1, -0.05) is 0 Å². The lowest BCUT2D eigenvalue weighted by atomic mass is 10.6. The number of aryl methyl sites for hydroxylation is 1. The zero-order valence-electron chi connectivity index (χ0n) is 8.56. The summed E-state index contributed by atoms with van der Waals surface area (Å²) in [5.74, 6) is 1.62. The summed E-state index contributed by atoms with van der Waals surface area (Å²) < 4.78 is 9.81. The average molecular weight is 302 g/mol. The van der Waals surface area contributed by atoms with Gasteiger partial charge in [-0.05, 0) is 22.9 Å². The van der Waals surface area contributed by atoms with Crippen LogP contribution in [0.2, 0.25) is 0 Å². The van der Waals surface area contributed by atoms with Gasteiger partial charge in [0.15, 0.2) is 0 Å². The third-order valence-electron chi connectivity index (χ3n) is 1.65. The number of nitrogens with one attached hydrogen (secondary N) is 1. The molecule has 0 aliphatic rings. The quantitative estimate of drug-likeness (QED) is 0.936. The summed E-state index contributed by atoms with van der Waals surface area (Å²) >= 11 is 4.53. The highest BCUT2D eigenvalue weighted by atomic mass is 79.9. The highest BCUT2D eigenvalue weighted by Gasteiger charge is 2.07. The number of hydrogen-bond acceptors (Lipinski definition) is 7. The van der Waals surface area contributed by atoms with Crippen molar-refractivity contribution in [2.24, 2.45) is 0 Å². The zero-order chi connectivity index (χ0) is 11.5. The van der Waals surface area contributed by atoms with E-state index in [0.29, 0.717) is 21.4 Å². The topological polar surface area (TPSA) is 72.8 Å². The lowest BCUT2D eigenvalue weighted by Crippen LogP contribution is -1.99. The Hall–Kier alpha value is -1.28. The van der Waals surface area contributed by atoms with Crippen molar-refractivity contribution in [2.75, 3.05) is 12.4 Å². The summed E-state index contributed by atoms with van der Waals surface area (Å²) in [5, 5.41) is 3.60. The van der Waals surface area contributed by atoms with E-state index >= 15 is 0 Å². The Morgan fingerprint density at radius 2 is 2.25 bits per heavy atom. The van der Waals surface area contributed by atoms with Gasteiger partial charge < -0.3 is 4.74 Å². The van der Waals surface area contributed by atoms with Crippen LogP contribution in [-0.4, -0.2) is 26.4 Å². The number of methoxy groups -OCH3 is 1. The molecule has 8 heteroatoms. The predicted molar refractivity (Wildman–Crippen MR) is 64.2 cm³/mol. The molecule has 2 rings (SSSR count). The molecule has 0 aromatic carbocycles. The zero-order valence-corrected chi connectivity index (χ0v) is 11.0. The van der Waals surface area contributed by atoms with Crippen molar-refractivity contribution in [2.45, 2.75) is 6.92 Å². The minimum absolute atomic E-state index is 0.427. The summed E-state index contributed by atoms with van der Waals surface area (Å²) in [6, 6.07) is 0. The van der Waals surface area contributed by atoms with Gasteiger partial charge in [-0.3, -0.25) is 5.32 Å². The molecule has 2 aromatic heterocycles. The summed E-state index contributed by atoms with van der Waals surface area (Å²) in [5.41, 5.74) is 0. The van der Waals surface area contributed by atoms with Gasteiger partial charge >= 0.3 is 0 Å². The Labute approximate surface area is 104 Å². The van der Waals surface area contributed by atoms with E-state index in [9.17, 15) is 0 Å². The van der Waals surface area contributed by atoms with Crippen molar-refractivity contribution in [1.82, 2.24) is 19.3 Å². The maximum atomic E-state index is 5.06. The maximum absolute atomic E-state index is 5.06. The van der Waals surface area contributed by atoms with Gasteiger partial charge in [0.05, 0.1) is 17.8 Å². The molecule has 84 valence electrons. The first-order chi connectivity index (χ1) is 7.69. The Bertz CT molecular complexity index is 503. The molecule has 6 nitrogen and oxygen atoms in total. The van der Waals surface area contributed by atoms with Crippen LogP contribution in [0.5, 0.6) is 5.88 Å². The van der Waals surface area contributed by atoms with Gasteiger partial charge in [-0.2, -0.15) is 9.36 Å². The van der Waals surface area contributed by atoms with E-state index in [0.717, 1.165) is 5.82 Å². The van der Waals surface area contributed by atoms with Crippen molar-refractivity contribution in [3.05, 3.63) is 16.5 Å². The van der Waals surface area contributed by atoms with Crippen molar-refractivity contribution >= 4 is 38.5 Å². The first-order valence-corrected chi connectivity index (χ1v) is 5.89. The van der Waals surface area contributed by atoms with Crippen molar-refractivity contribution in [1.29, 1.82) is 0 Å². The Morgan fingerprint density at radius 3 is 2.88 bits per heavy atom. The van der Waals surface area contributed by atoms with Crippen LogP contribution in [0.25, 0.3) is 0 Å². The highest BCUT2D eigenvalue weighted by molar-refractivity contribution is 9.10. The van der Waals surface area contributed by atoms with Crippen molar-refractivity contribution in [3.63, 3.8) is 0 Å². The normalized spacial score (nSPS) is 10.2. The van der Waals surface area contributed by atoms with E-state index in [-0.39, 0.29) is 0 Å². The Kier molecular flexibility index (Phi) is 3.30. The van der Waals surface area contributed by atoms with Gasteiger partial charge in [0.2, 0.25) is 17.0 Å². The minimum Gasteiger partial charge on any atom is -0.480 e.